The van der Waals surface area contributed by atoms with Crippen LogP contribution in [-0.4, -0.2) is 43.2 Å². The molecule has 0 unspecified atom stereocenters. The third kappa shape index (κ3) is 5.91. The van der Waals surface area contributed by atoms with Crippen molar-refractivity contribution >= 4 is 23.1 Å². The standard InChI is InChI=1S/C30H33ClN2O4/c1-19(2)20-6-8-21(9-7-20)25(27-14-13-26(31)30(32-27)37-5)16-23-11-15-29(34)33(23)18-22-10-12-24(35-3)17-28(22)36-4/h6-10,12-14,16-17,19,23H,11,15,18H2,1-5H3/b25-16+/t23-/m1/s1. The first-order valence-electron chi connectivity index (χ1n) is 12.4. The van der Waals surface area contributed by atoms with Crippen LogP contribution in [0.3, 0.4) is 0 Å². The van der Waals surface area contributed by atoms with Crippen LogP contribution in [-0.2, 0) is 11.3 Å². The van der Waals surface area contributed by atoms with Gasteiger partial charge in [0.25, 0.3) is 0 Å². The van der Waals surface area contributed by atoms with E-state index < -0.39 is 0 Å². The fourth-order valence-corrected chi connectivity index (χ4v) is 4.77. The van der Waals surface area contributed by atoms with E-state index >= 15 is 0 Å². The molecule has 194 valence electrons. The molecule has 0 radical (unpaired) electrons. The van der Waals surface area contributed by atoms with Gasteiger partial charge in [-0.3, -0.25) is 4.79 Å². The lowest BCUT2D eigenvalue weighted by atomic mass is 9.95. The molecule has 1 aromatic heterocycles. The zero-order chi connectivity index (χ0) is 26.5. The Hall–Kier alpha value is -3.51. The number of pyridine rings is 1. The van der Waals surface area contributed by atoms with E-state index in [0.717, 1.165) is 28.8 Å². The molecule has 1 fully saturated rings. The monoisotopic (exact) mass is 520 g/mol. The molecule has 2 heterocycles. The Balaban J connectivity index is 1.75. The average molecular weight is 521 g/mol. The Morgan fingerprint density at radius 2 is 1.81 bits per heavy atom. The number of ether oxygens (including phenoxy) is 3. The number of methoxy groups -OCH3 is 3. The van der Waals surface area contributed by atoms with Gasteiger partial charge in [-0.05, 0) is 47.7 Å². The van der Waals surface area contributed by atoms with Crippen molar-refractivity contribution in [1.29, 1.82) is 0 Å². The van der Waals surface area contributed by atoms with Crippen molar-refractivity contribution in [3.05, 3.63) is 88.1 Å². The summed E-state index contributed by atoms with van der Waals surface area (Å²) in [5.74, 6) is 2.30. The van der Waals surface area contributed by atoms with E-state index in [9.17, 15) is 4.79 Å². The molecule has 4 rings (SSSR count). The van der Waals surface area contributed by atoms with E-state index in [2.05, 4.69) is 49.2 Å². The van der Waals surface area contributed by atoms with E-state index in [1.54, 1.807) is 27.4 Å². The van der Waals surface area contributed by atoms with Crippen molar-refractivity contribution in [3.63, 3.8) is 0 Å². The number of rotatable bonds is 9. The van der Waals surface area contributed by atoms with Crippen molar-refractivity contribution in [3.8, 4) is 17.4 Å². The van der Waals surface area contributed by atoms with Gasteiger partial charge in [-0.1, -0.05) is 55.8 Å². The van der Waals surface area contributed by atoms with Gasteiger partial charge < -0.3 is 19.1 Å². The molecule has 0 bridgehead atoms. The molecule has 1 saturated heterocycles. The first kappa shape index (κ1) is 26.6. The van der Waals surface area contributed by atoms with Gasteiger partial charge in [0.15, 0.2) is 0 Å². The number of benzene rings is 2. The number of amides is 1. The van der Waals surface area contributed by atoms with Crippen LogP contribution in [0.1, 0.15) is 55.0 Å². The molecule has 2 aromatic carbocycles. The van der Waals surface area contributed by atoms with Gasteiger partial charge in [0.2, 0.25) is 11.8 Å². The van der Waals surface area contributed by atoms with Gasteiger partial charge in [-0.15, -0.1) is 0 Å². The molecule has 7 heteroatoms. The molecule has 1 atom stereocenters. The summed E-state index contributed by atoms with van der Waals surface area (Å²) < 4.78 is 16.3. The maximum atomic E-state index is 13.0. The minimum absolute atomic E-state index is 0.107. The van der Waals surface area contributed by atoms with Crippen LogP contribution in [0, 0.1) is 0 Å². The summed E-state index contributed by atoms with van der Waals surface area (Å²) in [6, 6.07) is 17.7. The van der Waals surface area contributed by atoms with Crippen LogP contribution in [0.5, 0.6) is 17.4 Å². The highest BCUT2D eigenvalue weighted by Gasteiger charge is 2.31. The molecule has 1 amide bonds. The van der Waals surface area contributed by atoms with Crippen LogP contribution in [0.25, 0.3) is 5.57 Å². The lowest BCUT2D eigenvalue weighted by molar-refractivity contribution is -0.129. The molecule has 0 N–H and O–H groups in total. The summed E-state index contributed by atoms with van der Waals surface area (Å²) in [5.41, 5.74) is 4.86. The summed E-state index contributed by atoms with van der Waals surface area (Å²) in [4.78, 5) is 19.6. The van der Waals surface area contributed by atoms with E-state index in [-0.39, 0.29) is 11.9 Å². The molecule has 0 saturated carbocycles. The second-order valence-electron chi connectivity index (χ2n) is 9.35. The predicted molar refractivity (Wildman–Crippen MR) is 147 cm³/mol. The molecule has 6 nitrogen and oxygen atoms in total. The van der Waals surface area contributed by atoms with Gasteiger partial charge in [-0.25, -0.2) is 4.98 Å². The first-order chi connectivity index (χ1) is 17.8. The van der Waals surface area contributed by atoms with E-state index in [4.69, 9.17) is 25.8 Å². The smallest absolute Gasteiger partial charge is 0.232 e. The number of carbonyl (C=O) groups excluding carboxylic acids is 1. The van der Waals surface area contributed by atoms with Gasteiger partial charge in [0, 0.05) is 30.2 Å². The van der Waals surface area contributed by atoms with Crippen molar-refractivity contribution in [2.75, 3.05) is 21.3 Å². The van der Waals surface area contributed by atoms with Crippen LogP contribution in [0.15, 0.2) is 60.7 Å². The molecule has 37 heavy (non-hydrogen) atoms. The Morgan fingerprint density at radius 3 is 2.46 bits per heavy atom. The zero-order valence-electron chi connectivity index (χ0n) is 22.0. The Kier molecular flexibility index (Phi) is 8.39. The minimum Gasteiger partial charge on any atom is -0.497 e. The molecule has 0 aliphatic carbocycles. The third-order valence-electron chi connectivity index (χ3n) is 6.74. The highest BCUT2D eigenvalue weighted by atomic mass is 35.5. The summed E-state index contributed by atoms with van der Waals surface area (Å²) in [5, 5.41) is 0.449. The predicted octanol–water partition coefficient (Wildman–Crippen LogP) is 6.51. The highest BCUT2D eigenvalue weighted by Crippen LogP contribution is 2.34. The quantitative estimate of drug-likeness (QED) is 0.322. The summed E-state index contributed by atoms with van der Waals surface area (Å²) in [6.45, 7) is 4.78. The first-order valence-corrected chi connectivity index (χ1v) is 12.8. The maximum absolute atomic E-state index is 13.0. The average Bonchev–Trinajstić information content (AvgIpc) is 3.26. The second kappa shape index (κ2) is 11.7. The fraction of sp³-hybridized carbons (Fsp3) is 0.333. The zero-order valence-corrected chi connectivity index (χ0v) is 22.7. The lowest BCUT2D eigenvalue weighted by Gasteiger charge is -2.25. The minimum atomic E-state index is -0.109. The van der Waals surface area contributed by atoms with Crippen molar-refractivity contribution in [1.82, 2.24) is 9.88 Å². The van der Waals surface area contributed by atoms with Crippen LogP contribution in [0.4, 0.5) is 0 Å². The van der Waals surface area contributed by atoms with Crippen LogP contribution >= 0.6 is 11.6 Å². The fourth-order valence-electron chi connectivity index (χ4n) is 4.59. The van der Waals surface area contributed by atoms with Gasteiger partial charge in [0.05, 0.1) is 33.1 Å². The summed E-state index contributed by atoms with van der Waals surface area (Å²) in [6.07, 6.45) is 3.34. The van der Waals surface area contributed by atoms with E-state index in [1.165, 1.54) is 5.56 Å². The summed E-state index contributed by atoms with van der Waals surface area (Å²) in [7, 11) is 4.80. The topological polar surface area (TPSA) is 60.9 Å². The van der Waals surface area contributed by atoms with Crippen LogP contribution < -0.4 is 14.2 Å². The lowest BCUT2D eigenvalue weighted by Crippen LogP contribution is -2.31. The van der Waals surface area contributed by atoms with Crippen molar-refractivity contribution < 1.29 is 19.0 Å². The highest BCUT2D eigenvalue weighted by molar-refractivity contribution is 6.31. The maximum Gasteiger partial charge on any atom is 0.232 e. The normalized spacial score (nSPS) is 15.9. The number of halogens is 1. The number of likely N-dealkylation sites (tertiary alicyclic amines) is 1. The number of aromatic nitrogens is 1. The summed E-state index contributed by atoms with van der Waals surface area (Å²) >= 11 is 6.28. The largest absolute Gasteiger partial charge is 0.497 e. The van der Waals surface area contributed by atoms with Gasteiger partial charge in [-0.2, -0.15) is 0 Å². The van der Waals surface area contributed by atoms with Crippen LogP contribution in [0.2, 0.25) is 5.02 Å². The van der Waals surface area contributed by atoms with Crippen molar-refractivity contribution in [2.24, 2.45) is 0 Å². The molecular weight excluding hydrogens is 488 g/mol. The molecule has 0 spiro atoms. The van der Waals surface area contributed by atoms with Gasteiger partial charge >= 0.3 is 0 Å². The number of nitrogens with zero attached hydrogens (tertiary/aromatic N) is 2. The van der Waals surface area contributed by atoms with Crippen molar-refractivity contribution in [2.45, 2.75) is 45.2 Å². The number of hydrogen-bond donors (Lipinski definition) is 0. The SMILES string of the molecule is COc1ccc(CN2C(=O)CC[C@@H]2/C=C(\c2ccc(C(C)C)cc2)c2ccc(Cl)c(OC)n2)c(OC)c1. The molecule has 1 aliphatic heterocycles. The Morgan fingerprint density at radius 1 is 1.05 bits per heavy atom. The molecule has 1 aliphatic rings. The second-order valence-corrected chi connectivity index (χ2v) is 9.76. The molecular formula is C30H33ClN2O4. The Bertz CT molecular complexity index is 1290. The number of carbonyl (C=O) groups is 1. The molecule has 3 aromatic rings. The van der Waals surface area contributed by atoms with E-state index in [0.29, 0.717) is 41.3 Å². The van der Waals surface area contributed by atoms with Gasteiger partial charge in [0.1, 0.15) is 16.5 Å². The number of hydrogen-bond acceptors (Lipinski definition) is 5. The third-order valence-corrected chi connectivity index (χ3v) is 7.03. The van der Waals surface area contributed by atoms with E-state index in [1.807, 2.05) is 29.2 Å². The Labute approximate surface area is 223 Å².